The molecule has 1 heterocycles. The smallest absolute Gasteiger partial charge is 0.0112 e. The molecule has 0 aromatic heterocycles. The molecule has 1 rings (SSSR count). The van der Waals surface area contributed by atoms with Crippen molar-refractivity contribution in [3.8, 4) is 0 Å². The van der Waals surface area contributed by atoms with Crippen LogP contribution in [0.2, 0.25) is 0 Å². The molecule has 0 aromatic carbocycles. The van der Waals surface area contributed by atoms with Gasteiger partial charge in [-0.15, -0.1) is 0 Å². The second kappa shape index (κ2) is 4.83. The van der Waals surface area contributed by atoms with Gasteiger partial charge in [-0.25, -0.2) is 0 Å². The number of hydrogen-bond donors (Lipinski definition) is 0. The number of nitrogens with zero attached hydrogens (tertiary/aromatic N) is 2. The van der Waals surface area contributed by atoms with Crippen molar-refractivity contribution in [3.05, 3.63) is 0 Å². The highest BCUT2D eigenvalue weighted by Crippen LogP contribution is 2.05. The first-order valence-corrected chi connectivity index (χ1v) is 5.13. The standard InChI is InChI=1S/C10H22N2/c1-10(2)12-7-5-4-6-11(3)8-9-12/h10H,4-9H2,1-3H3. The van der Waals surface area contributed by atoms with E-state index in [0.717, 1.165) is 6.04 Å². The monoisotopic (exact) mass is 170 g/mol. The maximum Gasteiger partial charge on any atom is 0.0112 e. The third-order valence-electron chi connectivity index (χ3n) is 2.73. The van der Waals surface area contributed by atoms with Gasteiger partial charge in [0.05, 0.1) is 0 Å². The third-order valence-corrected chi connectivity index (χ3v) is 2.73. The maximum absolute atomic E-state index is 2.58. The normalized spacial score (nSPS) is 24.0. The molecular weight excluding hydrogens is 148 g/mol. The summed E-state index contributed by atoms with van der Waals surface area (Å²) in [5, 5.41) is 0. The Morgan fingerprint density at radius 2 is 1.58 bits per heavy atom. The zero-order valence-electron chi connectivity index (χ0n) is 8.71. The van der Waals surface area contributed by atoms with Crippen LogP contribution in [0.25, 0.3) is 0 Å². The first kappa shape index (κ1) is 10.0. The predicted molar refractivity (Wildman–Crippen MR) is 53.4 cm³/mol. The lowest BCUT2D eigenvalue weighted by atomic mass is 10.2. The summed E-state index contributed by atoms with van der Waals surface area (Å²) in [7, 11) is 2.23. The Bertz CT molecular complexity index is 123. The number of likely N-dealkylation sites (N-methyl/N-ethyl adjacent to an activating group) is 1. The topological polar surface area (TPSA) is 6.48 Å². The van der Waals surface area contributed by atoms with Crippen molar-refractivity contribution < 1.29 is 0 Å². The van der Waals surface area contributed by atoms with Crippen LogP contribution in [0.3, 0.4) is 0 Å². The van der Waals surface area contributed by atoms with Gasteiger partial charge in [-0.3, -0.25) is 4.90 Å². The lowest BCUT2D eigenvalue weighted by Gasteiger charge is -2.31. The van der Waals surface area contributed by atoms with Gasteiger partial charge in [-0.2, -0.15) is 0 Å². The Hall–Kier alpha value is -0.0800. The van der Waals surface area contributed by atoms with Gasteiger partial charge < -0.3 is 4.90 Å². The molecule has 2 nitrogen and oxygen atoms in total. The van der Waals surface area contributed by atoms with E-state index in [4.69, 9.17) is 0 Å². The molecule has 2 heteroatoms. The molecule has 72 valence electrons. The Kier molecular flexibility index (Phi) is 4.02. The van der Waals surface area contributed by atoms with Gasteiger partial charge in [0.2, 0.25) is 0 Å². The van der Waals surface area contributed by atoms with Gasteiger partial charge in [0, 0.05) is 19.1 Å². The highest BCUT2D eigenvalue weighted by Gasteiger charge is 2.12. The maximum atomic E-state index is 2.58. The summed E-state index contributed by atoms with van der Waals surface area (Å²) in [4.78, 5) is 5.02. The molecule has 0 aromatic rings. The highest BCUT2D eigenvalue weighted by atomic mass is 15.2. The molecule has 0 atom stereocenters. The predicted octanol–water partition coefficient (Wildman–Crippen LogP) is 1.42. The van der Waals surface area contributed by atoms with E-state index in [1.165, 1.54) is 39.0 Å². The highest BCUT2D eigenvalue weighted by molar-refractivity contribution is 4.68. The molecule has 1 aliphatic heterocycles. The minimum atomic E-state index is 0.719. The Morgan fingerprint density at radius 3 is 2.25 bits per heavy atom. The molecule has 0 amide bonds. The fourth-order valence-corrected chi connectivity index (χ4v) is 1.74. The van der Waals surface area contributed by atoms with Crippen LogP contribution in [0.1, 0.15) is 26.7 Å². The molecule has 1 saturated heterocycles. The molecule has 0 N–H and O–H groups in total. The van der Waals surface area contributed by atoms with Crippen LogP contribution in [0.15, 0.2) is 0 Å². The average molecular weight is 170 g/mol. The lowest BCUT2D eigenvalue weighted by molar-refractivity contribution is 0.164. The molecule has 0 unspecified atom stereocenters. The molecule has 0 radical (unpaired) electrons. The van der Waals surface area contributed by atoms with E-state index < -0.39 is 0 Å². The van der Waals surface area contributed by atoms with Crippen LogP contribution >= 0.6 is 0 Å². The molecule has 0 aliphatic carbocycles. The average Bonchev–Trinajstić information content (AvgIpc) is 1.97. The molecule has 1 fully saturated rings. The minimum Gasteiger partial charge on any atom is -0.305 e. The quantitative estimate of drug-likeness (QED) is 0.587. The van der Waals surface area contributed by atoms with Crippen molar-refractivity contribution in [1.29, 1.82) is 0 Å². The Morgan fingerprint density at radius 1 is 0.917 bits per heavy atom. The Balaban J connectivity index is 2.34. The summed E-state index contributed by atoms with van der Waals surface area (Å²) in [6.45, 7) is 9.65. The van der Waals surface area contributed by atoms with Crippen LogP contribution in [0.4, 0.5) is 0 Å². The first-order valence-electron chi connectivity index (χ1n) is 5.13. The van der Waals surface area contributed by atoms with Gasteiger partial charge in [-0.05, 0) is 46.8 Å². The van der Waals surface area contributed by atoms with Crippen molar-refractivity contribution in [3.63, 3.8) is 0 Å². The van der Waals surface area contributed by atoms with Crippen molar-refractivity contribution in [2.24, 2.45) is 0 Å². The van der Waals surface area contributed by atoms with Gasteiger partial charge in [0.1, 0.15) is 0 Å². The molecule has 1 aliphatic rings. The summed E-state index contributed by atoms with van der Waals surface area (Å²) in [6.07, 6.45) is 2.72. The molecule has 12 heavy (non-hydrogen) atoms. The summed E-state index contributed by atoms with van der Waals surface area (Å²) in [5.41, 5.74) is 0. The number of hydrogen-bond acceptors (Lipinski definition) is 2. The largest absolute Gasteiger partial charge is 0.305 e. The van der Waals surface area contributed by atoms with E-state index in [-0.39, 0.29) is 0 Å². The SMILES string of the molecule is CC(C)N1CCCCN(C)CC1. The van der Waals surface area contributed by atoms with Crippen LogP contribution in [-0.2, 0) is 0 Å². The number of rotatable bonds is 1. The fourth-order valence-electron chi connectivity index (χ4n) is 1.74. The van der Waals surface area contributed by atoms with Crippen LogP contribution < -0.4 is 0 Å². The van der Waals surface area contributed by atoms with Gasteiger partial charge in [-0.1, -0.05) is 0 Å². The van der Waals surface area contributed by atoms with Crippen molar-refractivity contribution in [2.75, 3.05) is 33.2 Å². The van der Waals surface area contributed by atoms with Crippen molar-refractivity contribution in [2.45, 2.75) is 32.7 Å². The minimum absolute atomic E-state index is 0.719. The van der Waals surface area contributed by atoms with Crippen LogP contribution in [-0.4, -0.2) is 49.1 Å². The summed E-state index contributed by atoms with van der Waals surface area (Å²) in [6, 6.07) is 0.719. The summed E-state index contributed by atoms with van der Waals surface area (Å²) in [5.74, 6) is 0. The van der Waals surface area contributed by atoms with Crippen LogP contribution in [0, 0.1) is 0 Å². The van der Waals surface area contributed by atoms with E-state index in [2.05, 4.69) is 30.7 Å². The van der Waals surface area contributed by atoms with Gasteiger partial charge in [0.25, 0.3) is 0 Å². The third kappa shape index (κ3) is 3.11. The zero-order chi connectivity index (χ0) is 8.97. The second-order valence-electron chi connectivity index (χ2n) is 4.14. The summed E-state index contributed by atoms with van der Waals surface area (Å²) < 4.78 is 0. The molecular formula is C10H22N2. The van der Waals surface area contributed by atoms with Crippen molar-refractivity contribution in [1.82, 2.24) is 9.80 Å². The molecule has 0 saturated carbocycles. The van der Waals surface area contributed by atoms with Gasteiger partial charge in [0.15, 0.2) is 0 Å². The lowest BCUT2D eigenvalue weighted by Crippen LogP contribution is -2.40. The fraction of sp³-hybridized carbons (Fsp3) is 1.00. The van der Waals surface area contributed by atoms with Gasteiger partial charge >= 0.3 is 0 Å². The van der Waals surface area contributed by atoms with E-state index >= 15 is 0 Å². The molecule has 0 spiro atoms. The van der Waals surface area contributed by atoms with E-state index in [0.29, 0.717) is 0 Å². The first-order chi connectivity index (χ1) is 5.70. The van der Waals surface area contributed by atoms with Crippen LogP contribution in [0.5, 0.6) is 0 Å². The molecule has 0 bridgehead atoms. The van der Waals surface area contributed by atoms with E-state index in [1.807, 2.05) is 0 Å². The summed E-state index contributed by atoms with van der Waals surface area (Å²) >= 11 is 0. The second-order valence-corrected chi connectivity index (χ2v) is 4.14. The van der Waals surface area contributed by atoms with E-state index in [9.17, 15) is 0 Å². The zero-order valence-corrected chi connectivity index (χ0v) is 8.71. The van der Waals surface area contributed by atoms with E-state index in [1.54, 1.807) is 0 Å². The van der Waals surface area contributed by atoms with Crippen molar-refractivity contribution >= 4 is 0 Å². The Labute approximate surface area is 76.5 Å².